The monoisotopic (exact) mass is 390 g/mol. The SMILES string of the molecule is COc1c(OCc2ccccc2)cc(O)c(C=CC(=O)c2ccccc2)c1OC. The first-order valence-corrected chi connectivity index (χ1v) is 9.06. The second-order valence-electron chi connectivity index (χ2n) is 6.21. The molecule has 0 aromatic heterocycles. The molecular formula is C24H22O5. The summed E-state index contributed by atoms with van der Waals surface area (Å²) in [6.45, 7) is 0.307. The van der Waals surface area contributed by atoms with Crippen molar-refractivity contribution in [1.82, 2.24) is 0 Å². The molecule has 0 heterocycles. The largest absolute Gasteiger partial charge is 0.507 e. The predicted octanol–water partition coefficient (Wildman–Crippen LogP) is 4.88. The van der Waals surface area contributed by atoms with E-state index in [1.54, 1.807) is 24.3 Å². The van der Waals surface area contributed by atoms with Crippen molar-refractivity contribution in [2.45, 2.75) is 6.61 Å². The van der Waals surface area contributed by atoms with Crippen molar-refractivity contribution in [2.24, 2.45) is 0 Å². The first-order chi connectivity index (χ1) is 14.1. The molecule has 0 spiro atoms. The van der Waals surface area contributed by atoms with Crippen LogP contribution in [0.25, 0.3) is 6.08 Å². The lowest BCUT2D eigenvalue weighted by molar-refractivity contribution is 0.104. The van der Waals surface area contributed by atoms with Gasteiger partial charge in [-0.15, -0.1) is 0 Å². The van der Waals surface area contributed by atoms with Gasteiger partial charge in [0.1, 0.15) is 12.4 Å². The van der Waals surface area contributed by atoms with Crippen LogP contribution in [-0.2, 0) is 6.61 Å². The quantitative estimate of drug-likeness (QED) is 0.438. The van der Waals surface area contributed by atoms with Crippen LogP contribution in [-0.4, -0.2) is 25.1 Å². The van der Waals surface area contributed by atoms with Crippen LogP contribution in [0.2, 0.25) is 0 Å². The molecule has 29 heavy (non-hydrogen) atoms. The van der Waals surface area contributed by atoms with Gasteiger partial charge in [-0.1, -0.05) is 60.7 Å². The predicted molar refractivity (Wildman–Crippen MR) is 112 cm³/mol. The van der Waals surface area contributed by atoms with Crippen LogP contribution in [0, 0.1) is 0 Å². The Morgan fingerprint density at radius 1 is 0.931 bits per heavy atom. The van der Waals surface area contributed by atoms with Crippen LogP contribution >= 0.6 is 0 Å². The van der Waals surface area contributed by atoms with Gasteiger partial charge in [-0.05, 0) is 17.7 Å². The van der Waals surface area contributed by atoms with E-state index in [0.717, 1.165) is 5.56 Å². The van der Waals surface area contributed by atoms with E-state index in [4.69, 9.17) is 14.2 Å². The molecular weight excluding hydrogens is 368 g/mol. The van der Waals surface area contributed by atoms with Crippen LogP contribution in [0.15, 0.2) is 72.8 Å². The second-order valence-corrected chi connectivity index (χ2v) is 6.21. The average molecular weight is 390 g/mol. The molecule has 0 radical (unpaired) electrons. The summed E-state index contributed by atoms with van der Waals surface area (Å²) in [5.74, 6) is 0.705. The van der Waals surface area contributed by atoms with Gasteiger partial charge in [0.15, 0.2) is 17.3 Å². The topological polar surface area (TPSA) is 65.0 Å². The molecule has 0 aliphatic rings. The minimum Gasteiger partial charge on any atom is -0.507 e. The highest BCUT2D eigenvalue weighted by atomic mass is 16.5. The molecule has 5 heteroatoms. The molecule has 0 fully saturated rings. The van der Waals surface area contributed by atoms with E-state index in [9.17, 15) is 9.90 Å². The first kappa shape index (κ1) is 20.0. The molecule has 0 saturated heterocycles. The number of rotatable bonds is 8. The van der Waals surface area contributed by atoms with Gasteiger partial charge in [-0.2, -0.15) is 0 Å². The van der Waals surface area contributed by atoms with Gasteiger partial charge in [0.05, 0.1) is 19.8 Å². The lowest BCUT2D eigenvalue weighted by atomic mass is 10.1. The van der Waals surface area contributed by atoms with Gasteiger partial charge in [-0.25, -0.2) is 0 Å². The van der Waals surface area contributed by atoms with E-state index in [0.29, 0.717) is 29.2 Å². The van der Waals surface area contributed by atoms with Gasteiger partial charge in [0.25, 0.3) is 0 Å². The summed E-state index contributed by atoms with van der Waals surface area (Å²) in [6, 6.07) is 20.0. The number of aromatic hydroxyl groups is 1. The van der Waals surface area contributed by atoms with Crippen LogP contribution in [0.3, 0.4) is 0 Å². The smallest absolute Gasteiger partial charge is 0.204 e. The molecule has 1 N–H and O–H groups in total. The van der Waals surface area contributed by atoms with E-state index in [1.807, 2.05) is 36.4 Å². The summed E-state index contributed by atoms with van der Waals surface area (Å²) >= 11 is 0. The number of methoxy groups -OCH3 is 2. The van der Waals surface area contributed by atoms with Crippen molar-refractivity contribution in [1.29, 1.82) is 0 Å². The number of phenols is 1. The summed E-state index contributed by atoms with van der Waals surface area (Å²) in [5, 5.41) is 10.5. The summed E-state index contributed by atoms with van der Waals surface area (Å²) in [6.07, 6.45) is 2.89. The van der Waals surface area contributed by atoms with Crippen LogP contribution in [0.4, 0.5) is 0 Å². The Hall–Kier alpha value is -3.73. The Kier molecular flexibility index (Phi) is 6.53. The fourth-order valence-electron chi connectivity index (χ4n) is 2.88. The highest BCUT2D eigenvalue weighted by molar-refractivity contribution is 6.07. The van der Waals surface area contributed by atoms with Crippen molar-refractivity contribution in [3.05, 3.63) is 89.5 Å². The molecule has 3 aromatic rings. The zero-order valence-electron chi connectivity index (χ0n) is 16.3. The minimum absolute atomic E-state index is 0.0807. The fraction of sp³-hybridized carbons (Fsp3) is 0.125. The lowest BCUT2D eigenvalue weighted by Crippen LogP contribution is -2.01. The first-order valence-electron chi connectivity index (χ1n) is 9.06. The number of hydrogen-bond acceptors (Lipinski definition) is 5. The zero-order valence-corrected chi connectivity index (χ0v) is 16.3. The highest BCUT2D eigenvalue weighted by Gasteiger charge is 2.20. The minimum atomic E-state index is -0.185. The van der Waals surface area contributed by atoms with Crippen LogP contribution in [0.1, 0.15) is 21.5 Å². The Balaban J connectivity index is 1.90. The maximum atomic E-state index is 12.3. The summed E-state index contributed by atoms with van der Waals surface area (Å²) in [7, 11) is 2.96. The number of hydrogen-bond donors (Lipinski definition) is 1. The molecule has 0 bridgehead atoms. The lowest BCUT2D eigenvalue weighted by Gasteiger charge is -2.17. The second kappa shape index (κ2) is 9.46. The molecule has 0 aliphatic carbocycles. The van der Waals surface area contributed by atoms with E-state index in [-0.39, 0.29) is 17.3 Å². The van der Waals surface area contributed by atoms with Crippen LogP contribution < -0.4 is 14.2 Å². The zero-order chi connectivity index (χ0) is 20.6. The van der Waals surface area contributed by atoms with Crippen molar-refractivity contribution in [2.75, 3.05) is 14.2 Å². The standard InChI is InChI=1S/C24H22O5/c1-27-23-19(13-14-20(25)18-11-7-4-8-12-18)21(26)15-22(24(23)28-2)29-16-17-9-5-3-6-10-17/h3-15,26H,16H2,1-2H3. The third-order valence-corrected chi connectivity index (χ3v) is 4.32. The summed E-state index contributed by atoms with van der Waals surface area (Å²) in [4.78, 5) is 12.3. The normalized spacial score (nSPS) is 10.7. The average Bonchev–Trinajstić information content (AvgIpc) is 2.77. The number of phenolic OH excluding ortho intramolecular Hbond substituents is 1. The van der Waals surface area contributed by atoms with Crippen molar-refractivity contribution < 1.29 is 24.1 Å². The maximum Gasteiger partial charge on any atom is 0.204 e. The third-order valence-electron chi connectivity index (χ3n) is 4.32. The number of allylic oxidation sites excluding steroid dienone is 1. The Morgan fingerprint density at radius 3 is 2.17 bits per heavy atom. The molecule has 3 rings (SSSR count). The van der Waals surface area contributed by atoms with E-state index in [1.165, 1.54) is 32.4 Å². The Bertz CT molecular complexity index is 995. The van der Waals surface area contributed by atoms with Gasteiger partial charge in [0.2, 0.25) is 5.75 Å². The van der Waals surface area contributed by atoms with Gasteiger partial charge in [0, 0.05) is 11.6 Å². The van der Waals surface area contributed by atoms with Crippen molar-refractivity contribution >= 4 is 11.9 Å². The molecule has 0 atom stereocenters. The maximum absolute atomic E-state index is 12.3. The summed E-state index contributed by atoms with van der Waals surface area (Å²) < 4.78 is 16.7. The molecule has 0 aliphatic heterocycles. The molecule has 5 nitrogen and oxygen atoms in total. The molecule has 148 valence electrons. The van der Waals surface area contributed by atoms with Crippen molar-refractivity contribution in [3.8, 4) is 23.0 Å². The molecule has 3 aromatic carbocycles. The van der Waals surface area contributed by atoms with Gasteiger partial charge in [-0.3, -0.25) is 4.79 Å². The van der Waals surface area contributed by atoms with E-state index in [2.05, 4.69) is 0 Å². The van der Waals surface area contributed by atoms with Gasteiger partial charge >= 0.3 is 0 Å². The number of ether oxygens (including phenoxy) is 3. The van der Waals surface area contributed by atoms with Gasteiger partial charge < -0.3 is 19.3 Å². The highest BCUT2D eigenvalue weighted by Crippen LogP contribution is 2.45. The van der Waals surface area contributed by atoms with E-state index < -0.39 is 0 Å². The number of carbonyl (C=O) groups is 1. The Labute approximate surface area is 169 Å². The number of carbonyl (C=O) groups excluding carboxylic acids is 1. The number of ketones is 1. The molecule has 0 amide bonds. The fourth-order valence-corrected chi connectivity index (χ4v) is 2.88. The number of benzene rings is 3. The van der Waals surface area contributed by atoms with Crippen LogP contribution in [0.5, 0.6) is 23.0 Å². The summed E-state index contributed by atoms with van der Waals surface area (Å²) in [5.41, 5.74) is 1.86. The molecule has 0 unspecified atom stereocenters. The van der Waals surface area contributed by atoms with E-state index >= 15 is 0 Å². The Morgan fingerprint density at radius 2 is 1.55 bits per heavy atom. The molecule has 0 saturated carbocycles. The van der Waals surface area contributed by atoms with Crippen molar-refractivity contribution in [3.63, 3.8) is 0 Å². The third kappa shape index (κ3) is 4.76.